The quantitative estimate of drug-likeness (QED) is 0.700. The number of nitrogens with two attached hydrogens (primary N) is 2. The minimum atomic E-state index is -0.000457. The van der Waals surface area contributed by atoms with Crippen LogP contribution in [-0.2, 0) is 0 Å². The molecule has 0 aliphatic heterocycles. The maximum atomic E-state index is 6.28. The van der Waals surface area contributed by atoms with Crippen molar-refractivity contribution in [2.45, 2.75) is 12.5 Å². The van der Waals surface area contributed by atoms with Crippen molar-refractivity contribution in [1.29, 1.82) is 0 Å². The zero-order chi connectivity index (χ0) is 13.2. The molecule has 0 spiro atoms. The Morgan fingerprint density at radius 3 is 2.21 bits per heavy atom. The summed E-state index contributed by atoms with van der Waals surface area (Å²) >= 11 is 0. The van der Waals surface area contributed by atoms with Gasteiger partial charge >= 0.3 is 0 Å². The van der Waals surface area contributed by atoms with Gasteiger partial charge in [0.15, 0.2) is 0 Å². The molecule has 2 heteroatoms. The Labute approximate surface area is 113 Å². The molecule has 0 saturated carbocycles. The van der Waals surface area contributed by atoms with Gasteiger partial charge < -0.3 is 11.5 Å². The summed E-state index contributed by atoms with van der Waals surface area (Å²) in [6.07, 6.45) is 0.808. The predicted octanol–water partition coefficient (Wildman–Crippen LogP) is 3.34. The Kier molecular flexibility index (Phi) is 3.20. The van der Waals surface area contributed by atoms with E-state index in [-0.39, 0.29) is 6.04 Å². The molecule has 1 atom stereocenters. The van der Waals surface area contributed by atoms with Crippen molar-refractivity contribution in [3.63, 3.8) is 0 Å². The van der Waals surface area contributed by atoms with Crippen LogP contribution in [0.25, 0.3) is 21.5 Å². The lowest BCUT2D eigenvalue weighted by Gasteiger charge is -2.16. The summed E-state index contributed by atoms with van der Waals surface area (Å²) < 4.78 is 0. The van der Waals surface area contributed by atoms with Gasteiger partial charge in [0.2, 0.25) is 0 Å². The van der Waals surface area contributed by atoms with Gasteiger partial charge in [-0.05, 0) is 46.1 Å². The smallest absolute Gasteiger partial charge is 0.0313 e. The molecule has 19 heavy (non-hydrogen) atoms. The van der Waals surface area contributed by atoms with E-state index in [9.17, 15) is 0 Å². The van der Waals surface area contributed by atoms with Gasteiger partial charge in [-0.25, -0.2) is 0 Å². The fraction of sp³-hybridized carbons (Fsp3) is 0.176. The van der Waals surface area contributed by atoms with E-state index >= 15 is 0 Å². The van der Waals surface area contributed by atoms with Gasteiger partial charge in [-0.2, -0.15) is 0 Å². The van der Waals surface area contributed by atoms with Crippen LogP contribution in [0.3, 0.4) is 0 Å². The standard InChI is InChI=1S/C17H18N2/c18-10-9-17(19)16-11-12-5-1-2-6-13(12)14-7-3-4-8-15(14)16/h1-8,11,17H,9-10,18-19H2/t17-/m0/s1. The number of hydrogen-bond acceptors (Lipinski definition) is 2. The van der Waals surface area contributed by atoms with E-state index < -0.39 is 0 Å². The molecule has 0 aliphatic rings. The van der Waals surface area contributed by atoms with Crippen molar-refractivity contribution in [2.75, 3.05) is 6.54 Å². The largest absolute Gasteiger partial charge is 0.330 e. The fourth-order valence-electron chi connectivity index (χ4n) is 2.72. The van der Waals surface area contributed by atoms with Crippen molar-refractivity contribution in [3.8, 4) is 0 Å². The summed E-state index contributed by atoms with van der Waals surface area (Å²) in [5.41, 5.74) is 13.1. The van der Waals surface area contributed by atoms with Crippen LogP contribution in [-0.4, -0.2) is 6.54 Å². The normalized spacial score (nSPS) is 12.9. The highest BCUT2D eigenvalue weighted by Gasteiger charge is 2.11. The fourth-order valence-corrected chi connectivity index (χ4v) is 2.72. The third-order valence-electron chi connectivity index (χ3n) is 3.68. The van der Waals surface area contributed by atoms with Crippen molar-refractivity contribution in [3.05, 3.63) is 60.2 Å². The minimum Gasteiger partial charge on any atom is -0.330 e. The second kappa shape index (κ2) is 5.00. The SMILES string of the molecule is NCC[C@H](N)c1cc2ccccc2c2ccccc12. The van der Waals surface area contributed by atoms with Crippen LogP contribution in [0.15, 0.2) is 54.6 Å². The van der Waals surface area contributed by atoms with Gasteiger partial charge in [0.05, 0.1) is 0 Å². The van der Waals surface area contributed by atoms with Crippen LogP contribution in [0.4, 0.5) is 0 Å². The number of hydrogen-bond donors (Lipinski definition) is 2. The molecule has 0 radical (unpaired) electrons. The molecule has 0 aliphatic carbocycles. The van der Waals surface area contributed by atoms with E-state index in [1.165, 1.54) is 27.1 Å². The average molecular weight is 250 g/mol. The van der Waals surface area contributed by atoms with Crippen LogP contribution < -0.4 is 11.5 Å². The molecule has 3 rings (SSSR count). The number of fused-ring (bicyclic) bond motifs is 3. The molecule has 2 nitrogen and oxygen atoms in total. The maximum absolute atomic E-state index is 6.28. The lowest BCUT2D eigenvalue weighted by molar-refractivity contribution is 0.666. The molecular weight excluding hydrogens is 232 g/mol. The third-order valence-corrected chi connectivity index (χ3v) is 3.68. The third kappa shape index (κ3) is 2.09. The maximum Gasteiger partial charge on any atom is 0.0313 e. The number of benzene rings is 3. The molecule has 0 bridgehead atoms. The number of rotatable bonds is 3. The lowest BCUT2D eigenvalue weighted by Crippen LogP contribution is -2.15. The minimum absolute atomic E-state index is 0.000457. The van der Waals surface area contributed by atoms with Gasteiger partial charge in [-0.3, -0.25) is 0 Å². The zero-order valence-electron chi connectivity index (χ0n) is 10.8. The van der Waals surface area contributed by atoms with Crippen LogP contribution in [0.1, 0.15) is 18.0 Å². The lowest BCUT2D eigenvalue weighted by atomic mass is 9.93. The molecule has 96 valence electrons. The zero-order valence-corrected chi connectivity index (χ0v) is 10.8. The molecule has 0 aromatic heterocycles. The van der Waals surface area contributed by atoms with Crippen molar-refractivity contribution >= 4 is 21.5 Å². The highest BCUT2D eigenvalue weighted by atomic mass is 14.7. The summed E-state index contributed by atoms with van der Waals surface area (Å²) in [6.45, 7) is 0.613. The van der Waals surface area contributed by atoms with Gasteiger partial charge in [0.25, 0.3) is 0 Å². The Balaban J connectivity index is 2.35. The Morgan fingerprint density at radius 1 is 0.842 bits per heavy atom. The second-order valence-corrected chi connectivity index (χ2v) is 4.92. The summed E-state index contributed by atoms with van der Waals surface area (Å²) in [4.78, 5) is 0. The second-order valence-electron chi connectivity index (χ2n) is 4.92. The average Bonchev–Trinajstić information content (AvgIpc) is 2.46. The molecule has 0 amide bonds. The highest BCUT2D eigenvalue weighted by molar-refractivity contribution is 6.09. The first-order valence-electron chi connectivity index (χ1n) is 6.67. The molecule has 0 unspecified atom stereocenters. The van der Waals surface area contributed by atoms with Crippen molar-refractivity contribution < 1.29 is 0 Å². The Morgan fingerprint density at radius 2 is 1.47 bits per heavy atom. The van der Waals surface area contributed by atoms with Crippen LogP contribution in [0.5, 0.6) is 0 Å². The molecule has 3 aromatic rings. The van der Waals surface area contributed by atoms with E-state index in [0.29, 0.717) is 6.54 Å². The summed E-state index contributed by atoms with van der Waals surface area (Å²) in [5.74, 6) is 0. The first-order chi connectivity index (χ1) is 9.31. The van der Waals surface area contributed by atoms with Gasteiger partial charge in [0.1, 0.15) is 0 Å². The Hall–Kier alpha value is -1.90. The summed E-state index contributed by atoms with van der Waals surface area (Å²) in [6, 6.07) is 19.1. The van der Waals surface area contributed by atoms with E-state index in [1.807, 2.05) is 0 Å². The van der Waals surface area contributed by atoms with Gasteiger partial charge in [-0.15, -0.1) is 0 Å². The molecule has 0 fully saturated rings. The van der Waals surface area contributed by atoms with Gasteiger partial charge in [0, 0.05) is 6.04 Å². The molecule has 3 aromatic carbocycles. The topological polar surface area (TPSA) is 52.0 Å². The van der Waals surface area contributed by atoms with Crippen LogP contribution in [0.2, 0.25) is 0 Å². The highest BCUT2D eigenvalue weighted by Crippen LogP contribution is 2.31. The monoisotopic (exact) mass is 250 g/mol. The van der Waals surface area contributed by atoms with Crippen molar-refractivity contribution in [2.24, 2.45) is 11.5 Å². The van der Waals surface area contributed by atoms with Crippen LogP contribution >= 0.6 is 0 Å². The van der Waals surface area contributed by atoms with E-state index in [4.69, 9.17) is 11.5 Å². The summed E-state index contributed by atoms with van der Waals surface area (Å²) in [7, 11) is 0. The molecular formula is C17H18N2. The molecule has 0 heterocycles. The molecule has 0 saturated heterocycles. The van der Waals surface area contributed by atoms with Crippen LogP contribution in [0, 0.1) is 0 Å². The summed E-state index contributed by atoms with van der Waals surface area (Å²) in [5, 5.41) is 5.02. The first kappa shape index (κ1) is 12.2. The Bertz CT molecular complexity index is 719. The van der Waals surface area contributed by atoms with Crippen molar-refractivity contribution in [1.82, 2.24) is 0 Å². The van der Waals surface area contributed by atoms with E-state index in [0.717, 1.165) is 6.42 Å². The predicted molar refractivity (Wildman–Crippen MR) is 82.1 cm³/mol. The molecule has 4 N–H and O–H groups in total. The van der Waals surface area contributed by atoms with E-state index in [1.54, 1.807) is 0 Å². The van der Waals surface area contributed by atoms with E-state index in [2.05, 4.69) is 54.6 Å². The van der Waals surface area contributed by atoms with Gasteiger partial charge in [-0.1, -0.05) is 48.5 Å². The first-order valence-corrected chi connectivity index (χ1v) is 6.67.